The van der Waals surface area contributed by atoms with Gasteiger partial charge in [0.25, 0.3) is 5.91 Å². The number of rotatable bonds is 4. The highest BCUT2D eigenvalue weighted by Crippen LogP contribution is 2.20. The van der Waals surface area contributed by atoms with E-state index < -0.39 is 0 Å². The standard InChI is InChI=1S/C22H19N3O/c1-16(17-9-11-19(12-10-17)25-14-13-23-15-25)24-22(26)21-8-4-6-18-5-2-3-7-20(18)21/h2-16H,1H3,(H,24,26)/t16-/m0/s1. The van der Waals surface area contributed by atoms with Crippen molar-refractivity contribution in [2.24, 2.45) is 0 Å². The Kier molecular flexibility index (Phi) is 4.23. The number of carbonyl (C=O) groups excluding carboxylic acids is 1. The molecule has 0 aliphatic carbocycles. The number of hydrogen-bond acceptors (Lipinski definition) is 2. The number of carbonyl (C=O) groups is 1. The van der Waals surface area contributed by atoms with Gasteiger partial charge in [-0.2, -0.15) is 0 Å². The first-order chi connectivity index (χ1) is 12.7. The third kappa shape index (κ3) is 3.09. The third-order valence-corrected chi connectivity index (χ3v) is 4.58. The molecule has 0 spiro atoms. The summed E-state index contributed by atoms with van der Waals surface area (Å²) in [6, 6.07) is 21.8. The van der Waals surface area contributed by atoms with Crippen LogP contribution in [0, 0.1) is 0 Å². The molecule has 26 heavy (non-hydrogen) atoms. The van der Waals surface area contributed by atoms with Gasteiger partial charge in [-0.05, 0) is 41.5 Å². The lowest BCUT2D eigenvalue weighted by Gasteiger charge is -2.16. The third-order valence-electron chi connectivity index (χ3n) is 4.58. The number of nitrogens with one attached hydrogen (secondary N) is 1. The van der Waals surface area contributed by atoms with Gasteiger partial charge in [0.1, 0.15) is 0 Å². The Hall–Kier alpha value is -3.40. The van der Waals surface area contributed by atoms with Crippen LogP contribution in [-0.4, -0.2) is 15.5 Å². The van der Waals surface area contributed by atoms with Gasteiger partial charge in [0.2, 0.25) is 0 Å². The molecule has 1 atom stereocenters. The quantitative estimate of drug-likeness (QED) is 0.593. The Labute approximate surface area is 152 Å². The van der Waals surface area contributed by atoms with E-state index in [0.717, 1.165) is 22.0 Å². The van der Waals surface area contributed by atoms with Crippen LogP contribution in [0.1, 0.15) is 28.9 Å². The average molecular weight is 341 g/mol. The second kappa shape index (κ2) is 6.84. The molecule has 128 valence electrons. The summed E-state index contributed by atoms with van der Waals surface area (Å²) in [5.74, 6) is -0.0620. The normalized spacial score (nSPS) is 12.0. The van der Waals surface area contributed by atoms with Crippen molar-refractivity contribution in [1.82, 2.24) is 14.9 Å². The molecule has 4 heteroatoms. The maximum Gasteiger partial charge on any atom is 0.252 e. The second-order valence-corrected chi connectivity index (χ2v) is 6.28. The van der Waals surface area contributed by atoms with E-state index in [1.54, 1.807) is 12.5 Å². The van der Waals surface area contributed by atoms with Crippen LogP contribution in [0.15, 0.2) is 85.5 Å². The molecule has 1 amide bonds. The van der Waals surface area contributed by atoms with Crippen LogP contribution in [0.25, 0.3) is 16.5 Å². The van der Waals surface area contributed by atoms with Crippen molar-refractivity contribution in [2.45, 2.75) is 13.0 Å². The molecule has 0 radical (unpaired) electrons. The molecule has 1 aromatic heterocycles. The van der Waals surface area contributed by atoms with E-state index >= 15 is 0 Å². The minimum atomic E-state index is -0.0849. The zero-order valence-corrected chi connectivity index (χ0v) is 14.5. The topological polar surface area (TPSA) is 46.9 Å². The predicted octanol–water partition coefficient (Wildman–Crippen LogP) is 4.52. The fourth-order valence-electron chi connectivity index (χ4n) is 3.13. The van der Waals surface area contributed by atoms with Gasteiger partial charge in [0, 0.05) is 23.6 Å². The summed E-state index contributed by atoms with van der Waals surface area (Å²) in [6.07, 6.45) is 5.42. The maximum absolute atomic E-state index is 12.8. The lowest BCUT2D eigenvalue weighted by Crippen LogP contribution is -2.26. The summed E-state index contributed by atoms with van der Waals surface area (Å²) >= 11 is 0. The molecular formula is C22H19N3O. The van der Waals surface area contributed by atoms with E-state index in [-0.39, 0.29) is 11.9 Å². The Morgan fingerprint density at radius 3 is 2.54 bits per heavy atom. The number of hydrogen-bond donors (Lipinski definition) is 1. The first kappa shape index (κ1) is 16.1. The van der Waals surface area contributed by atoms with Crippen LogP contribution >= 0.6 is 0 Å². The maximum atomic E-state index is 12.8. The molecule has 0 saturated heterocycles. The van der Waals surface area contributed by atoms with Crippen LogP contribution in [-0.2, 0) is 0 Å². The van der Waals surface area contributed by atoms with Gasteiger partial charge in [-0.3, -0.25) is 4.79 Å². The Balaban J connectivity index is 1.54. The molecule has 4 rings (SSSR count). The van der Waals surface area contributed by atoms with Crippen LogP contribution < -0.4 is 5.32 Å². The van der Waals surface area contributed by atoms with Crippen molar-refractivity contribution < 1.29 is 4.79 Å². The van der Waals surface area contributed by atoms with Gasteiger partial charge in [0.05, 0.1) is 12.4 Å². The molecule has 0 saturated carbocycles. The van der Waals surface area contributed by atoms with Crippen molar-refractivity contribution in [2.75, 3.05) is 0 Å². The number of benzene rings is 3. The largest absolute Gasteiger partial charge is 0.345 e. The van der Waals surface area contributed by atoms with Crippen molar-refractivity contribution in [3.05, 3.63) is 96.6 Å². The van der Waals surface area contributed by atoms with E-state index in [1.807, 2.05) is 84.4 Å². The molecule has 3 aromatic carbocycles. The zero-order valence-electron chi connectivity index (χ0n) is 14.5. The molecule has 0 unspecified atom stereocenters. The van der Waals surface area contributed by atoms with Gasteiger partial charge in [-0.1, -0.05) is 48.5 Å². The van der Waals surface area contributed by atoms with Crippen LogP contribution in [0.2, 0.25) is 0 Å². The first-order valence-electron chi connectivity index (χ1n) is 8.59. The van der Waals surface area contributed by atoms with Crippen LogP contribution in [0.5, 0.6) is 0 Å². The monoisotopic (exact) mass is 341 g/mol. The Morgan fingerprint density at radius 2 is 1.77 bits per heavy atom. The number of amides is 1. The zero-order chi connectivity index (χ0) is 17.9. The second-order valence-electron chi connectivity index (χ2n) is 6.28. The molecule has 0 bridgehead atoms. The number of imidazole rings is 1. The molecule has 0 aliphatic heterocycles. The first-order valence-corrected chi connectivity index (χ1v) is 8.59. The summed E-state index contributed by atoms with van der Waals surface area (Å²) in [4.78, 5) is 16.8. The van der Waals surface area contributed by atoms with Gasteiger partial charge < -0.3 is 9.88 Å². The molecule has 4 aromatic rings. The summed E-state index contributed by atoms with van der Waals surface area (Å²) in [5.41, 5.74) is 2.80. The number of fused-ring (bicyclic) bond motifs is 1. The molecule has 0 aliphatic rings. The van der Waals surface area contributed by atoms with Crippen molar-refractivity contribution in [1.29, 1.82) is 0 Å². The van der Waals surface area contributed by atoms with Crippen LogP contribution in [0.4, 0.5) is 0 Å². The fraction of sp³-hybridized carbons (Fsp3) is 0.0909. The fourth-order valence-corrected chi connectivity index (χ4v) is 3.13. The van der Waals surface area contributed by atoms with Crippen molar-refractivity contribution >= 4 is 16.7 Å². The van der Waals surface area contributed by atoms with Crippen LogP contribution in [0.3, 0.4) is 0 Å². The van der Waals surface area contributed by atoms with E-state index in [1.165, 1.54) is 0 Å². The molecular weight excluding hydrogens is 322 g/mol. The minimum Gasteiger partial charge on any atom is -0.345 e. The predicted molar refractivity (Wildman–Crippen MR) is 103 cm³/mol. The van der Waals surface area contributed by atoms with Gasteiger partial charge in [-0.25, -0.2) is 4.98 Å². The Morgan fingerprint density at radius 1 is 1.00 bits per heavy atom. The van der Waals surface area contributed by atoms with E-state index in [2.05, 4.69) is 10.3 Å². The Bertz CT molecular complexity index is 1030. The smallest absolute Gasteiger partial charge is 0.252 e. The summed E-state index contributed by atoms with van der Waals surface area (Å²) in [7, 11) is 0. The lowest BCUT2D eigenvalue weighted by atomic mass is 10.0. The van der Waals surface area contributed by atoms with Gasteiger partial charge >= 0.3 is 0 Å². The molecule has 1 heterocycles. The average Bonchev–Trinajstić information content (AvgIpc) is 3.22. The van der Waals surface area contributed by atoms with Gasteiger partial charge in [-0.15, -0.1) is 0 Å². The summed E-state index contributed by atoms with van der Waals surface area (Å²) in [5, 5.41) is 5.14. The van der Waals surface area contributed by atoms with E-state index in [9.17, 15) is 4.79 Å². The summed E-state index contributed by atoms with van der Waals surface area (Å²) < 4.78 is 1.95. The SMILES string of the molecule is C[C@H](NC(=O)c1cccc2ccccc12)c1ccc(-n2ccnc2)cc1. The highest BCUT2D eigenvalue weighted by atomic mass is 16.1. The highest BCUT2D eigenvalue weighted by molar-refractivity contribution is 6.07. The van der Waals surface area contributed by atoms with E-state index in [0.29, 0.717) is 5.56 Å². The molecule has 0 fully saturated rings. The number of aromatic nitrogens is 2. The van der Waals surface area contributed by atoms with E-state index in [4.69, 9.17) is 0 Å². The molecule has 4 nitrogen and oxygen atoms in total. The van der Waals surface area contributed by atoms with Crippen molar-refractivity contribution in [3.8, 4) is 5.69 Å². The van der Waals surface area contributed by atoms with Crippen molar-refractivity contribution in [3.63, 3.8) is 0 Å². The minimum absolute atomic E-state index is 0.0620. The molecule has 1 N–H and O–H groups in total. The van der Waals surface area contributed by atoms with Gasteiger partial charge in [0.15, 0.2) is 0 Å². The summed E-state index contributed by atoms with van der Waals surface area (Å²) in [6.45, 7) is 2.00. The lowest BCUT2D eigenvalue weighted by molar-refractivity contribution is 0.0941. The highest BCUT2D eigenvalue weighted by Gasteiger charge is 2.13. The number of nitrogens with zero attached hydrogens (tertiary/aromatic N) is 2.